The predicted molar refractivity (Wildman–Crippen MR) is 64.2 cm³/mol. The van der Waals surface area contributed by atoms with Gasteiger partial charge in [-0.15, -0.1) is 0 Å². The van der Waals surface area contributed by atoms with Gasteiger partial charge in [0.25, 0.3) is 0 Å². The number of hydrogen-bond acceptors (Lipinski definition) is 2. The molecule has 0 unspecified atom stereocenters. The lowest BCUT2D eigenvalue weighted by Crippen LogP contribution is -1.99. The minimum Gasteiger partial charge on any atom is -0.469 e. The number of carbonyl (C=O) groups is 1. The quantitative estimate of drug-likeness (QED) is 0.397. The molecule has 0 bridgehead atoms. The van der Waals surface area contributed by atoms with Crippen molar-refractivity contribution in [2.75, 3.05) is 13.8 Å². The Kier molecular flexibility index (Phi) is 12.0. The van der Waals surface area contributed by atoms with Crippen LogP contribution in [-0.4, -0.2) is 19.8 Å². The second kappa shape index (κ2) is 12.5. The van der Waals surface area contributed by atoms with E-state index in [0.717, 1.165) is 32.1 Å². The number of halogens is 1. The SMILES string of the molecule is COC(=O)CCCCCCCCCCCF. The summed E-state index contributed by atoms with van der Waals surface area (Å²) in [6.07, 6.45) is 10.4. The molecule has 0 aromatic heterocycles. The van der Waals surface area contributed by atoms with E-state index in [1.165, 1.54) is 32.8 Å². The Morgan fingerprint density at radius 2 is 1.31 bits per heavy atom. The van der Waals surface area contributed by atoms with Crippen molar-refractivity contribution in [3.05, 3.63) is 0 Å². The Morgan fingerprint density at radius 3 is 1.75 bits per heavy atom. The van der Waals surface area contributed by atoms with Gasteiger partial charge in [-0.2, -0.15) is 0 Å². The van der Waals surface area contributed by atoms with Crippen LogP contribution in [0.15, 0.2) is 0 Å². The van der Waals surface area contributed by atoms with E-state index in [4.69, 9.17) is 0 Å². The number of ether oxygens (including phenoxy) is 1. The molecular formula is C13H25FO2. The molecule has 0 atom stereocenters. The lowest BCUT2D eigenvalue weighted by atomic mass is 10.1. The fourth-order valence-corrected chi connectivity index (χ4v) is 1.70. The van der Waals surface area contributed by atoms with Gasteiger partial charge in [0.2, 0.25) is 0 Å². The highest BCUT2D eigenvalue weighted by atomic mass is 19.1. The van der Waals surface area contributed by atoms with Crippen LogP contribution >= 0.6 is 0 Å². The van der Waals surface area contributed by atoms with Gasteiger partial charge in [-0.25, -0.2) is 0 Å². The Balaban J connectivity index is 2.96. The summed E-state index contributed by atoms with van der Waals surface area (Å²) < 4.78 is 16.3. The van der Waals surface area contributed by atoms with Crippen molar-refractivity contribution in [1.82, 2.24) is 0 Å². The molecule has 0 radical (unpaired) electrons. The molecule has 0 aliphatic rings. The average Bonchev–Trinajstić information content (AvgIpc) is 2.31. The molecule has 0 saturated heterocycles. The van der Waals surface area contributed by atoms with Gasteiger partial charge in [0, 0.05) is 6.42 Å². The van der Waals surface area contributed by atoms with Gasteiger partial charge in [-0.3, -0.25) is 9.18 Å². The van der Waals surface area contributed by atoms with E-state index >= 15 is 0 Å². The number of carbonyl (C=O) groups excluding carboxylic acids is 1. The van der Waals surface area contributed by atoms with Gasteiger partial charge in [-0.1, -0.05) is 44.9 Å². The van der Waals surface area contributed by atoms with Crippen LogP contribution in [0.25, 0.3) is 0 Å². The number of rotatable bonds is 11. The predicted octanol–water partition coefficient (Wildman–Crippen LogP) is 4.03. The Labute approximate surface area is 98.6 Å². The summed E-state index contributed by atoms with van der Waals surface area (Å²) in [6.45, 7) is -0.173. The third-order valence-corrected chi connectivity index (χ3v) is 2.74. The first-order chi connectivity index (χ1) is 7.81. The zero-order valence-corrected chi connectivity index (χ0v) is 10.5. The highest BCUT2D eigenvalue weighted by Crippen LogP contribution is 2.10. The van der Waals surface area contributed by atoms with Crippen LogP contribution in [0.3, 0.4) is 0 Å². The number of methoxy groups -OCH3 is 1. The molecule has 0 aliphatic heterocycles. The highest BCUT2D eigenvalue weighted by molar-refractivity contribution is 5.68. The molecule has 96 valence electrons. The van der Waals surface area contributed by atoms with Crippen molar-refractivity contribution in [2.24, 2.45) is 0 Å². The molecule has 0 fully saturated rings. The molecule has 2 nitrogen and oxygen atoms in total. The molecule has 0 saturated carbocycles. The standard InChI is InChI=1S/C13H25FO2/c1-16-13(15)11-9-7-5-3-2-4-6-8-10-12-14/h2-12H2,1H3. The van der Waals surface area contributed by atoms with Crippen LogP contribution in [0, 0.1) is 0 Å². The van der Waals surface area contributed by atoms with E-state index in [9.17, 15) is 9.18 Å². The molecule has 3 heteroatoms. The third kappa shape index (κ3) is 11.5. The zero-order chi connectivity index (χ0) is 12.1. The summed E-state index contributed by atoms with van der Waals surface area (Å²) in [7, 11) is 1.43. The second-order valence-electron chi connectivity index (χ2n) is 4.20. The van der Waals surface area contributed by atoms with Crippen molar-refractivity contribution in [3.63, 3.8) is 0 Å². The molecule has 0 spiro atoms. The van der Waals surface area contributed by atoms with Crippen LogP contribution in [0.1, 0.15) is 64.2 Å². The van der Waals surface area contributed by atoms with Gasteiger partial charge in [0.15, 0.2) is 0 Å². The van der Waals surface area contributed by atoms with Crippen LogP contribution in [0.4, 0.5) is 4.39 Å². The Morgan fingerprint density at radius 1 is 0.875 bits per heavy atom. The number of esters is 1. The molecule has 0 aromatic carbocycles. The minimum absolute atomic E-state index is 0.105. The molecule has 0 aliphatic carbocycles. The number of hydrogen-bond donors (Lipinski definition) is 0. The maximum absolute atomic E-state index is 11.8. The second-order valence-corrected chi connectivity index (χ2v) is 4.20. The van der Waals surface area contributed by atoms with E-state index in [-0.39, 0.29) is 12.6 Å². The van der Waals surface area contributed by atoms with Gasteiger partial charge >= 0.3 is 5.97 Å². The van der Waals surface area contributed by atoms with Crippen LogP contribution in [-0.2, 0) is 9.53 Å². The smallest absolute Gasteiger partial charge is 0.305 e. The molecule has 16 heavy (non-hydrogen) atoms. The number of alkyl halides is 1. The van der Waals surface area contributed by atoms with Crippen molar-refractivity contribution in [3.8, 4) is 0 Å². The summed E-state index contributed by atoms with van der Waals surface area (Å²) in [5.41, 5.74) is 0. The van der Waals surface area contributed by atoms with E-state index in [1.807, 2.05) is 0 Å². The van der Waals surface area contributed by atoms with E-state index in [1.54, 1.807) is 0 Å². The van der Waals surface area contributed by atoms with Crippen LogP contribution < -0.4 is 0 Å². The zero-order valence-electron chi connectivity index (χ0n) is 10.5. The molecule has 0 N–H and O–H groups in total. The number of unbranched alkanes of at least 4 members (excludes halogenated alkanes) is 8. The minimum atomic E-state index is -0.173. The van der Waals surface area contributed by atoms with Crippen LogP contribution in [0.5, 0.6) is 0 Å². The summed E-state index contributed by atoms with van der Waals surface area (Å²) in [4.78, 5) is 10.8. The maximum atomic E-state index is 11.8. The van der Waals surface area contributed by atoms with Gasteiger partial charge < -0.3 is 4.74 Å². The van der Waals surface area contributed by atoms with E-state index < -0.39 is 0 Å². The first-order valence-electron chi connectivity index (χ1n) is 6.44. The first kappa shape index (κ1) is 15.4. The lowest BCUT2D eigenvalue weighted by molar-refractivity contribution is -0.140. The summed E-state index contributed by atoms with van der Waals surface area (Å²) in [6, 6.07) is 0. The third-order valence-electron chi connectivity index (χ3n) is 2.74. The molecule has 0 aromatic rings. The topological polar surface area (TPSA) is 26.3 Å². The normalized spacial score (nSPS) is 10.4. The highest BCUT2D eigenvalue weighted by Gasteiger charge is 1.98. The average molecular weight is 232 g/mol. The van der Waals surface area contributed by atoms with Gasteiger partial charge in [0.1, 0.15) is 0 Å². The van der Waals surface area contributed by atoms with Crippen molar-refractivity contribution >= 4 is 5.97 Å². The maximum Gasteiger partial charge on any atom is 0.305 e. The summed E-state index contributed by atoms with van der Waals surface area (Å²) in [5, 5.41) is 0. The monoisotopic (exact) mass is 232 g/mol. The largest absolute Gasteiger partial charge is 0.469 e. The Bertz CT molecular complexity index is 160. The lowest BCUT2D eigenvalue weighted by Gasteiger charge is -2.01. The molecule has 0 rings (SSSR count). The van der Waals surface area contributed by atoms with Crippen molar-refractivity contribution in [2.45, 2.75) is 64.2 Å². The molecule has 0 heterocycles. The van der Waals surface area contributed by atoms with E-state index in [2.05, 4.69) is 4.74 Å². The Hall–Kier alpha value is -0.600. The fraction of sp³-hybridized carbons (Fsp3) is 0.923. The van der Waals surface area contributed by atoms with Gasteiger partial charge in [0.05, 0.1) is 13.8 Å². The van der Waals surface area contributed by atoms with E-state index in [0.29, 0.717) is 6.42 Å². The molecule has 0 amide bonds. The van der Waals surface area contributed by atoms with Gasteiger partial charge in [-0.05, 0) is 12.8 Å². The van der Waals surface area contributed by atoms with Crippen LogP contribution in [0.2, 0.25) is 0 Å². The first-order valence-corrected chi connectivity index (χ1v) is 6.44. The van der Waals surface area contributed by atoms with Crippen molar-refractivity contribution < 1.29 is 13.9 Å². The van der Waals surface area contributed by atoms with Crippen molar-refractivity contribution in [1.29, 1.82) is 0 Å². The summed E-state index contributed by atoms with van der Waals surface area (Å²) >= 11 is 0. The summed E-state index contributed by atoms with van der Waals surface area (Å²) in [5.74, 6) is -0.105. The molecular weight excluding hydrogens is 207 g/mol. The fourth-order valence-electron chi connectivity index (χ4n) is 1.70.